The molecule has 1 rings (SSSR count). The summed E-state index contributed by atoms with van der Waals surface area (Å²) in [5.74, 6) is 0.541. The molecule has 1 N–H and O–H groups in total. The second-order valence-corrected chi connectivity index (χ2v) is 6.88. The molecule has 1 aliphatic heterocycles. The van der Waals surface area contributed by atoms with E-state index in [0.29, 0.717) is 18.5 Å². The van der Waals surface area contributed by atoms with E-state index in [4.69, 9.17) is 0 Å². The van der Waals surface area contributed by atoms with Gasteiger partial charge < -0.3 is 5.32 Å². The zero-order valence-corrected chi connectivity index (χ0v) is 11.4. The summed E-state index contributed by atoms with van der Waals surface area (Å²) in [6, 6.07) is 0.522. The number of nitrogens with one attached hydrogen (secondary N) is 1. The van der Waals surface area contributed by atoms with Crippen molar-refractivity contribution in [2.45, 2.75) is 38.6 Å². The van der Waals surface area contributed by atoms with Gasteiger partial charge in [0, 0.05) is 19.1 Å². The third-order valence-electron chi connectivity index (χ3n) is 3.45. The standard InChI is InChI=1S/C11H24N2O2S/c1-10(12-2)6-7-11-5-4-8-13(9-11)16(3,14)15/h10-12H,4-9H2,1-3H3. The molecule has 96 valence electrons. The van der Waals surface area contributed by atoms with E-state index in [1.165, 1.54) is 12.7 Å². The maximum Gasteiger partial charge on any atom is 0.211 e. The Morgan fingerprint density at radius 2 is 2.19 bits per heavy atom. The van der Waals surface area contributed by atoms with Crippen molar-refractivity contribution in [3.63, 3.8) is 0 Å². The maximum atomic E-state index is 11.4. The predicted molar refractivity (Wildman–Crippen MR) is 66.9 cm³/mol. The molecule has 5 heteroatoms. The maximum absolute atomic E-state index is 11.4. The molecule has 2 unspecified atom stereocenters. The molecule has 1 saturated heterocycles. The Morgan fingerprint density at radius 3 is 2.75 bits per heavy atom. The van der Waals surface area contributed by atoms with E-state index in [9.17, 15) is 8.42 Å². The Balaban J connectivity index is 2.39. The summed E-state index contributed by atoms with van der Waals surface area (Å²) in [5.41, 5.74) is 0. The average Bonchev–Trinajstić information content (AvgIpc) is 2.25. The number of sulfonamides is 1. The molecule has 0 radical (unpaired) electrons. The molecule has 0 saturated carbocycles. The molecule has 0 spiro atoms. The van der Waals surface area contributed by atoms with Crippen LogP contribution in [0.25, 0.3) is 0 Å². The smallest absolute Gasteiger partial charge is 0.211 e. The fourth-order valence-corrected chi connectivity index (χ4v) is 3.14. The molecule has 0 aromatic heterocycles. The SMILES string of the molecule is CNC(C)CCC1CCCN(S(C)(=O)=O)C1. The van der Waals surface area contributed by atoms with Crippen LogP contribution in [0.4, 0.5) is 0 Å². The molecule has 0 aliphatic carbocycles. The van der Waals surface area contributed by atoms with Gasteiger partial charge in [-0.3, -0.25) is 0 Å². The fourth-order valence-electron chi connectivity index (χ4n) is 2.19. The van der Waals surface area contributed by atoms with E-state index in [1.54, 1.807) is 4.31 Å². The lowest BCUT2D eigenvalue weighted by Crippen LogP contribution is -2.39. The summed E-state index contributed by atoms with van der Waals surface area (Å²) in [6.07, 6.45) is 5.73. The molecule has 4 nitrogen and oxygen atoms in total. The Labute approximate surface area is 99.5 Å². The highest BCUT2D eigenvalue weighted by atomic mass is 32.2. The summed E-state index contributed by atoms with van der Waals surface area (Å²) in [5, 5.41) is 3.21. The zero-order chi connectivity index (χ0) is 12.2. The van der Waals surface area contributed by atoms with E-state index in [0.717, 1.165) is 25.8 Å². The van der Waals surface area contributed by atoms with E-state index >= 15 is 0 Å². The van der Waals surface area contributed by atoms with Crippen LogP contribution >= 0.6 is 0 Å². The minimum Gasteiger partial charge on any atom is -0.317 e. The van der Waals surface area contributed by atoms with Gasteiger partial charge in [-0.15, -0.1) is 0 Å². The highest BCUT2D eigenvalue weighted by Gasteiger charge is 2.25. The van der Waals surface area contributed by atoms with Crippen molar-refractivity contribution in [3.8, 4) is 0 Å². The van der Waals surface area contributed by atoms with Gasteiger partial charge in [0.25, 0.3) is 0 Å². The molecule has 0 aromatic carbocycles. The van der Waals surface area contributed by atoms with Crippen molar-refractivity contribution < 1.29 is 8.42 Å². The number of piperidine rings is 1. The minimum absolute atomic E-state index is 0.522. The lowest BCUT2D eigenvalue weighted by atomic mass is 9.93. The first-order valence-corrected chi connectivity index (χ1v) is 7.90. The van der Waals surface area contributed by atoms with Gasteiger partial charge in [0.2, 0.25) is 10.0 Å². The highest BCUT2D eigenvalue weighted by Crippen LogP contribution is 2.23. The van der Waals surface area contributed by atoms with Gasteiger partial charge in [0.1, 0.15) is 0 Å². The largest absolute Gasteiger partial charge is 0.317 e. The molecule has 1 aliphatic rings. The first-order chi connectivity index (χ1) is 7.43. The van der Waals surface area contributed by atoms with Crippen LogP contribution in [-0.2, 0) is 10.0 Å². The highest BCUT2D eigenvalue weighted by molar-refractivity contribution is 7.88. The zero-order valence-electron chi connectivity index (χ0n) is 10.6. The van der Waals surface area contributed by atoms with Crippen LogP contribution < -0.4 is 5.32 Å². The third kappa shape index (κ3) is 4.39. The van der Waals surface area contributed by atoms with Crippen molar-refractivity contribution in [2.24, 2.45) is 5.92 Å². The number of rotatable bonds is 5. The van der Waals surface area contributed by atoms with Crippen molar-refractivity contribution in [3.05, 3.63) is 0 Å². The summed E-state index contributed by atoms with van der Waals surface area (Å²) >= 11 is 0. The van der Waals surface area contributed by atoms with E-state index < -0.39 is 10.0 Å². The van der Waals surface area contributed by atoms with Crippen molar-refractivity contribution >= 4 is 10.0 Å². The number of nitrogens with zero attached hydrogens (tertiary/aromatic N) is 1. The van der Waals surface area contributed by atoms with Crippen LogP contribution in [0.15, 0.2) is 0 Å². The molecule has 1 heterocycles. The van der Waals surface area contributed by atoms with Crippen LogP contribution in [0.1, 0.15) is 32.6 Å². The lowest BCUT2D eigenvalue weighted by Gasteiger charge is -2.31. The van der Waals surface area contributed by atoms with Gasteiger partial charge in [-0.1, -0.05) is 0 Å². The molecule has 0 amide bonds. The third-order valence-corrected chi connectivity index (χ3v) is 4.72. The van der Waals surface area contributed by atoms with Gasteiger partial charge in [-0.25, -0.2) is 12.7 Å². The first-order valence-electron chi connectivity index (χ1n) is 6.06. The van der Waals surface area contributed by atoms with Crippen molar-refractivity contribution in [1.82, 2.24) is 9.62 Å². The Kier molecular flexibility index (Phi) is 5.21. The van der Waals surface area contributed by atoms with Gasteiger partial charge in [0.05, 0.1) is 6.26 Å². The summed E-state index contributed by atoms with van der Waals surface area (Å²) in [7, 11) is -1.02. The fraction of sp³-hybridized carbons (Fsp3) is 1.00. The normalized spacial score (nSPS) is 25.6. The topological polar surface area (TPSA) is 49.4 Å². The molecule has 0 bridgehead atoms. The first kappa shape index (κ1) is 13.9. The summed E-state index contributed by atoms with van der Waals surface area (Å²) < 4.78 is 24.5. The van der Waals surface area contributed by atoms with Crippen LogP contribution in [0, 0.1) is 5.92 Å². The Bertz CT molecular complexity index is 303. The molecule has 16 heavy (non-hydrogen) atoms. The quantitative estimate of drug-likeness (QED) is 0.791. The molecular formula is C11H24N2O2S. The molecular weight excluding hydrogens is 224 g/mol. The van der Waals surface area contributed by atoms with Crippen LogP contribution in [-0.4, -0.2) is 45.2 Å². The van der Waals surface area contributed by atoms with E-state index in [1.807, 2.05) is 7.05 Å². The molecule has 2 atom stereocenters. The van der Waals surface area contributed by atoms with Crippen LogP contribution in [0.3, 0.4) is 0 Å². The predicted octanol–water partition coefficient (Wildman–Crippen LogP) is 1.05. The summed E-state index contributed by atoms with van der Waals surface area (Å²) in [6.45, 7) is 3.59. The van der Waals surface area contributed by atoms with Crippen LogP contribution in [0.5, 0.6) is 0 Å². The minimum atomic E-state index is -2.99. The number of hydrogen-bond acceptors (Lipinski definition) is 3. The average molecular weight is 248 g/mol. The summed E-state index contributed by atoms with van der Waals surface area (Å²) in [4.78, 5) is 0. The second-order valence-electron chi connectivity index (χ2n) is 4.90. The Hall–Kier alpha value is -0.130. The molecule has 1 fully saturated rings. The Morgan fingerprint density at radius 1 is 1.50 bits per heavy atom. The second kappa shape index (κ2) is 5.98. The lowest BCUT2D eigenvalue weighted by molar-refractivity contribution is 0.249. The van der Waals surface area contributed by atoms with Gasteiger partial charge >= 0.3 is 0 Å². The van der Waals surface area contributed by atoms with Crippen LogP contribution in [0.2, 0.25) is 0 Å². The van der Waals surface area contributed by atoms with E-state index in [-0.39, 0.29) is 0 Å². The number of hydrogen-bond donors (Lipinski definition) is 1. The van der Waals surface area contributed by atoms with Gasteiger partial charge in [0.15, 0.2) is 0 Å². The molecule has 0 aromatic rings. The van der Waals surface area contributed by atoms with E-state index in [2.05, 4.69) is 12.2 Å². The van der Waals surface area contributed by atoms with Gasteiger partial charge in [-0.2, -0.15) is 0 Å². The van der Waals surface area contributed by atoms with Crippen molar-refractivity contribution in [2.75, 3.05) is 26.4 Å². The van der Waals surface area contributed by atoms with Gasteiger partial charge in [-0.05, 0) is 45.6 Å². The monoisotopic (exact) mass is 248 g/mol. The van der Waals surface area contributed by atoms with Crippen molar-refractivity contribution in [1.29, 1.82) is 0 Å².